The Morgan fingerprint density at radius 1 is 1.27 bits per heavy atom. The molecule has 0 bridgehead atoms. The van der Waals surface area contributed by atoms with Crippen LogP contribution in [0.3, 0.4) is 0 Å². The summed E-state index contributed by atoms with van der Waals surface area (Å²) in [6.45, 7) is 1.52. The largest absolute Gasteiger partial charge is 0.306 e. The molecule has 3 heterocycles. The van der Waals surface area contributed by atoms with Gasteiger partial charge in [-0.2, -0.15) is 0 Å². The smallest absolute Gasteiger partial charge is 0.254 e. The molecule has 26 heavy (non-hydrogen) atoms. The van der Waals surface area contributed by atoms with Crippen LogP contribution >= 0.6 is 11.6 Å². The lowest BCUT2D eigenvalue weighted by molar-refractivity contribution is 0.237. The number of benzene rings is 1. The summed E-state index contributed by atoms with van der Waals surface area (Å²) in [6.07, 6.45) is 5.17. The van der Waals surface area contributed by atoms with E-state index in [1.807, 2.05) is 0 Å². The highest BCUT2D eigenvalue weighted by Crippen LogP contribution is 2.23. The van der Waals surface area contributed by atoms with Crippen LogP contribution in [0.15, 0.2) is 41.7 Å². The van der Waals surface area contributed by atoms with Crippen molar-refractivity contribution in [3.8, 4) is 11.4 Å². The summed E-state index contributed by atoms with van der Waals surface area (Å²) in [5.74, 6) is 0.0334. The number of fused-ring (bicyclic) bond motifs is 1. The van der Waals surface area contributed by atoms with Crippen molar-refractivity contribution in [2.75, 3.05) is 6.54 Å². The molecule has 0 aliphatic carbocycles. The van der Waals surface area contributed by atoms with Crippen LogP contribution < -0.4 is 5.56 Å². The molecule has 0 amide bonds. The molecular formula is C18H15ClFN5O. The number of nitrogens with zero attached hydrogens (tertiary/aromatic N) is 4. The molecule has 1 aromatic carbocycles. The maximum Gasteiger partial charge on any atom is 0.254 e. The normalized spacial score (nSPS) is 14.2. The second-order valence-corrected chi connectivity index (χ2v) is 6.55. The molecule has 132 valence electrons. The average molecular weight is 372 g/mol. The van der Waals surface area contributed by atoms with Crippen molar-refractivity contribution < 1.29 is 4.39 Å². The third-order valence-corrected chi connectivity index (χ3v) is 4.70. The lowest BCUT2D eigenvalue weighted by Crippen LogP contribution is -2.35. The van der Waals surface area contributed by atoms with E-state index in [-0.39, 0.29) is 10.6 Å². The van der Waals surface area contributed by atoms with Crippen LogP contribution in [-0.2, 0) is 19.5 Å². The molecule has 1 N–H and O–H groups in total. The molecule has 0 atom stereocenters. The molecule has 0 fully saturated rings. The summed E-state index contributed by atoms with van der Waals surface area (Å²) in [7, 11) is 0. The Labute approximate surface area is 153 Å². The fraction of sp³-hybridized carbons (Fsp3) is 0.222. The van der Waals surface area contributed by atoms with Crippen LogP contribution in [0.1, 0.15) is 16.8 Å². The van der Waals surface area contributed by atoms with E-state index >= 15 is 0 Å². The molecular weight excluding hydrogens is 357 g/mol. The number of hydrogen-bond acceptors (Lipinski definition) is 5. The van der Waals surface area contributed by atoms with Crippen LogP contribution in [0.25, 0.3) is 11.4 Å². The maximum atomic E-state index is 14.2. The number of rotatable bonds is 3. The quantitative estimate of drug-likeness (QED) is 0.766. The van der Waals surface area contributed by atoms with Crippen molar-refractivity contribution in [3.05, 3.63) is 74.9 Å². The van der Waals surface area contributed by atoms with Gasteiger partial charge in [-0.15, -0.1) is 0 Å². The highest BCUT2D eigenvalue weighted by Gasteiger charge is 2.22. The Bertz CT molecular complexity index is 1010. The summed E-state index contributed by atoms with van der Waals surface area (Å²) >= 11 is 5.86. The van der Waals surface area contributed by atoms with Gasteiger partial charge in [0.15, 0.2) is 0 Å². The zero-order chi connectivity index (χ0) is 18.1. The first kappa shape index (κ1) is 16.8. The summed E-state index contributed by atoms with van der Waals surface area (Å²) in [4.78, 5) is 29.7. The average Bonchev–Trinajstić information content (AvgIpc) is 2.66. The molecule has 0 spiro atoms. The van der Waals surface area contributed by atoms with Gasteiger partial charge in [0, 0.05) is 43.2 Å². The van der Waals surface area contributed by atoms with Crippen molar-refractivity contribution in [1.29, 1.82) is 0 Å². The van der Waals surface area contributed by atoms with Gasteiger partial charge in [0.05, 0.1) is 16.3 Å². The van der Waals surface area contributed by atoms with E-state index in [9.17, 15) is 9.18 Å². The van der Waals surface area contributed by atoms with E-state index in [0.717, 1.165) is 0 Å². The van der Waals surface area contributed by atoms with Gasteiger partial charge in [-0.3, -0.25) is 9.69 Å². The topological polar surface area (TPSA) is 74.8 Å². The second-order valence-electron chi connectivity index (χ2n) is 6.14. The minimum Gasteiger partial charge on any atom is -0.306 e. The Morgan fingerprint density at radius 3 is 2.88 bits per heavy atom. The van der Waals surface area contributed by atoms with E-state index in [1.165, 1.54) is 12.4 Å². The van der Waals surface area contributed by atoms with Crippen molar-refractivity contribution in [3.63, 3.8) is 0 Å². The summed E-state index contributed by atoms with van der Waals surface area (Å²) in [5, 5.41) is 0.112. The fourth-order valence-corrected chi connectivity index (χ4v) is 3.29. The van der Waals surface area contributed by atoms with Gasteiger partial charge in [-0.25, -0.2) is 19.3 Å². The molecule has 0 radical (unpaired) electrons. The molecule has 4 rings (SSSR count). The molecule has 0 saturated heterocycles. The van der Waals surface area contributed by atoms with Crippen molar-refractivity contribution in [2.24, 2.45) is 0 Å². The SMILES string of the molecule is O=c1[nH]c(-c2cncnc2)nc2c1CCN(Cc1cccc(Cl)c1F)C2. The first-order valence-electron chi connectivity index (χ1n) is 8.14. The zero-order valence-electron chi connectivity index (χ0n) is 13.7. The zero-order valence-corrected chi connectivity index (χ0v) is 14.5. The Hall–Kier alpha value is -2.64. The van der Waals surface area contributed by atoms with Gasteiger partial charge in [-0.1, -0.05) is 23.7 Å². The molecule has 2 aromatic heterocycles. The first-order valence-corrected chi connectivity index (χ1v) is 8.52. The maximum absolute atomic E-state index is 14.2. The minimum absolute atomic E-state index is 0.112. The van der Waals surface area contributed by atoms with Crippen molar-refractivity contribution in [2.45, 2.75) is 19.5 Å². The third-order valence-electron chi connectivity index (χ3n) is 4.41. The Balaban J connectivity index is 1.63. The Morgan fingerprint density at radius 2 is 2.08 bits per heavy atom. The first-order chi connectivity index (χ1) is 12.6. The molecule has 8 heteroatoms. The minimum atomic E-state index is -0.402. The molecule has 1 aliphatic rings. The number of aromatic nitrogens is 4. The standard InChI is InChI=1S/C18H15ClFN5O/c19-14-3-1-2-11(16(14)20)8-25-5-4-13-15(9-25)23-17(24-18(13)26)12-6-21-10-22-7-12/h1-3,6-7,10H,4-5,8-9H2,(H,23,24,26). The number of H-pyrrole nitrogens is 1. The molecule has 0 unspecified atom stereocenters. The lowest BCUT2D eigenvalue weighted by atomic mass is 10.1. The molecule has 6 nitrogen and oxygen atoms in total. The molecule has 3 aromatic rings. The van der Waals surface area contributed by atoms with E-state index in [2.05, 4.69) is 24.8 Å². The molecule has 1 aliphatic heterocycles. The van der Waals surface area contributed by atoms with Crippen LogP contribution in [-0.4, -0.2) is 31.4 Å². The predicted octanol–water partition coefficient (Wildman–Crippen LogP) is 2.58. The monoisotopic (exact) mass is 371 g/mol. The van der Waals surface area contributed by atoms with Crippen LogP contribution in [0, 0.1) is 5.82 Å². The number of aromatic amines is 1. The summed E-state index contributed by atoms with van der Waals surface area (Å²) in [5.41, 5.74) is 2.39. The lowest BCUT2D eigenvalue weighted by Gasteiger charge is -2.27. The van der Waals surface area contributed by atoms with Crippen LogP contribution in [0.4, 0.5) is 4.39 Å². The fourth-order valence-electron chi connectivity index (χ4n) is 3.10. The summed E-state index contributed by atoms with van der Waals surface area (Å²) in [6, 6.07) is 4.98. The molecule has 0 saturated carbocycles. The Kier molecular flexibility index (Phi) is 4.48. The predicted molar refractivity (Wildman–Crippen MR) is 95.1 cm³/mol. The van der Waals surface area contributed by atoms with E-state index < -0.39 is 5.82 Å². The van der Waals surface area contributed by atoms with Crippen molar-refractivity contribution >= 4 is 11.6 Å². The van der Waals surface area contributed by atoms with Gasteiger partial charge in [-0.05, 0) is 12.5 Å². The van der Waals surface area contributed by atoms with Gasteiger partial charge >= 0.3 is 0 Å². The van der Waals surface area contributed by atoms with Gasteiger partial charge < -0.3 is 4.98 Å². The number of halogens is 2. The highest BCUT2D eigenvalue weighted by molar-refractivity contribution is 6.30. The van der Waals surface area contributed by atoms with Crippen LogP contribution in [0.5, 0.6) is 0 Å². The van der Waals surface area contributed by atoms with Gasteiger partial charge in [0.25, 0.3) is 5.56 Å². The van der Waals surface area contributed by atoms with E-state index in [1.54, 1.807) is 24.5 Å². The van der Waals surface area contributed by atoms with Crippen molar-refractivity contribution in [1.82, 2.24) is 24.8 Å². The highest BCUT2D eigenvalue weighted by atomic mass is 35.5. The van der Waals surface area contributed by atoms with Gasteiger partial charge in [0.1, 0.15) is 18.0 Å². The summed E-state index contributed by atoms with van der Waals surface area (Å²) < 4.78 is 14.2. The second kappa shape index (κ2) is 6.93. The number of hydrogen-bond donors (Lipinski definition) is 1. The third kappa shape index (κ3) is 3.23. The van der Waals surface area contributed by atoms with E-state index in [0.29, 0.717) is 54.3 Å². The van der Waals surface area contributed by atoms with Crippen LogP contribution in [0.2, 0.25) is 5.02 Å². The van der Waals surface area contributed by atoms with Gasteiger partial charge in [0.2, 0.25) is 0 Å². The number of nitrogens with one attached hydrogen (secondary N) is 1. The van der Waals surface area contributed by atoms with E-state index in [4.69, 9.17) is 11.6 Å².